The Morgan fingerprint density at radius 1 is 1.19 bits per heavy atom. The van der Waals surface area contributed by atoms with E-state index in [4.69, 9.17) is 4.74 Å². The molecule has 32 heavy (non-hydrogen) atoms. The van der Waals surface area contributed by atoms with Gasteiger partial charge < -0.3 is 10.1 Å². The van der Waals surface area contributed by atoms with Gasteiger partial charge in [0, 0.05) is 26.2 Å². The minimum absolute atomic E-state index is 0.00139. The summed E-state index contributed by atoms with van der Waals surface area (Å²) in [6, 6.07) is 18.6. The summed E-state index contributed by atoms with van der Waals surface area (Å²) < 4.78 is 7.81. The number of hydrogen-bond donors (Lipinski definition) is 1. The van der Waals surface area contributed by atoms with Crippen molar-refractivity contribution in [3.63, 3.8) is 0 Å². The highest BCUT2D eigenvalue weighted by Crippen LogP contribution is 2.22. The van der Waals surface area contributed by atoms with E-state index in [1.807, 2.05) is 28.8 Å². The molecule has 3 aromatic rings. The number of carbonyl (C=O) groups excluding carboxylic acids is 1. The Bertz CT molecular complexity index is 1010. The van der Waals surface area contributed by atoms with Gasteiger partial charge in [-0.1, -0.05) is 67.2 Å². The van der Waals surface area contributed by atoms with E-state index in [9.17, 15) is 4.79 Å². The third kappa shape index (κ3) is 5.97. The SMILES string of the molecule is CCc1ccccc1-n1cnnc1SCC(=O)NCC1CN(Cc2ccccc2)CCO1. The molecule has 1 amide bonds. The first-order chi connectivity index (χ1) is 15.7. The molecule has 7 nitrogen and oxygen atoms in total. The standard InChI is InChI=1S/C24H29N5O2S/c1-2-20-10-6-7-11-22(20)29-18-26-27-24(29)32-17-23(30)25-14-21-16-28(12-13-31-21)15-19-8-4-3-5-9-19/h3-11,18,21H,2,12-17H2,1H3,(H,25,30). The van der Waals surface area contributed by atoms with Gasteiger partial charge in [0.25, 0.3) is 0 Å². The molecule has 4 rings (SSSR count). The van der Waals surface area contributed by atoms with Gasteiger partial charge in [0.05, 0.1) is 24.2 Å². The maximum atomic E-state index is 12.5. The van der Waals surface area contributed by atoms with Gasteiger partial charge >= 0.3 is 0 Å². The highest BCUT2D eigenvalue weighted by atomic mass is 32.2. The minimum atomic E-state index is -0.0305. The van der Waals surface area contributed by atoms with Gasteiger partial charge in [-0.15, -0.1) is 10.2 Å². The van der Waals surface area contributed by atoms with Gasteiger partial charge in [0.2, 0.25) is 5.91 Å². The molecule has 2 aromatic carbocycles. The molecule has 1 aliphatic heterocycles. The zero-order valence-electron chi connectivity index (χ0n) is 18.3. The molecule has 168 valence electrons. The van der Waals surface area contributed by atoms with Gasteiger partial charge in [-0.05, 0) is 23.6 Å². The number of para-hydroxylation sites is 1. The lowest BCUT2D eigenvalue weighted by atomic mass is 10.1. The molecular weight excluding hydrogens is 422 g/mol. The van der Waals surface area contributed by atoms with E-state index < -0.39 is 0 Å². The molecular formula is C24H29N5O2S. The number of carbonyl (C=O) groups is 1. The predicted molar refractivity (Wildman–Crippen MR) is 126 cm³/mol. The van der Waals surface area contributed by atoms with Crippen LogP contribution < -0.4 is 5.32 Å². The molecule has 1 N–H and O–H groups in total. The third-order valence-corrected chi connectivity index (χ3v) is 6.42. The van der Waals surface area contributed by atoms with Gasteiger partial charge in [-0.25, -0.2) is 0 Å². The maximum absolute atomic E-state index is 12.5. The van der Waals surface area contributed by atoms with Gasteiger partial charge in [-0.2, -0.15) is 0 Å². The minimum Gasteiger partial charge on any atom is -0.374 e. The highest BCUT2D eigenvalue weighted by Gasteiger charge is 2.21. The summed E-state index contributed by atoms with van der Waals surface area (Å²) in [5.41, 5.74) is 3.56. The Hall–Kier alpha value is -2.68. The first kappa shape index (κ1) is 22.5. The topological polar surface area (TPSA) is 72.3 Å². The van der Waals surface area contributed by atoms with Crippen molar-refractivity contribution in [2.24, 2.45) is 0 Å². The van der Waals surface area contributed by atoms with Crippen molar-refractivity contribution in [2.75, 3.05) is 32.0 Å². The Kier molecular flexibility index (Phi) is 7.92. The second kappa shape index (κ2) is 11.3. The molecule has 8 heteroatoms. The van der Waals surface area contributed by atoms with Gasteiger partial charge in [0.1, 0.15) is 6.33 Å². The zero-order valence-corrected chi connectivity index (χ0v) is 19.1. The molecule has 1 saturated heterocycles. The quantitative estimate of drug-likeness (QED) is 0.505. The second-order valence-corrected chi connectivity index (χ2v) is 8.71. The second-order valence-electron chi connectivity index (χ2n) is 7.77. The fourth-order valence-corrected chi connectivity index (χ4v) is 4.58. The molecule has 0 bridgehead atoms. The first-order valence-electron chi connectivity index (χ1n) is 11.0. The Labute approximate surface area is 193 Å². The van der Waals surface area contributed by atoms with Gasteiger partial charge in [0.15, 0.2) is 5.16 Å². The lowest BCUT2D eigenvalue weighted by Gasteiger charge is -2.33. The van der Waals surface area contributed by atoms with Gasteiger partial charge in [-0.3, -0.25) is 14.3 Å². The van der Waals surface area contributed by atoms with Crippen LogP contribution in [0, 0.1) is 0 Å². The zero-order chi connectivity index (χ0) is 22.2. The number of rotatable bonds is 9. The Morgan fingerprint density at radius 2 is 2.00 bits per heavy atom. The molecule has 1 aromatic heterocycles. The van der Waals surface area contributed by atoms with Crippen molar-refractivity contribution in [1.82, 2.24) is 25.0 Å². The lowest BCUT2D eigenvalue weighted by Crippen LogP contribution is -2.47. The fraction of sp³-hybridized carbons (Fsp3) is 0.375. The van der Waals surface area contributed by atoms with Crippen molar-refractivity contribution >= 4 is 17.7 Å². The normalized spacial score (nSPS) is 16.7. The fourth-order valence-electron chi connectivity index (χ4n) is 3.83. The van der Waals surface area contributed by atoms with Crippen LogP contribution in [0.15, 0.2) is 66.1 Å². The van der Waals surface area contributed by atoms with Crippen LogP contribution in [0.25, 0.3) is 5.69 Å². The molecule has 1 atom stereocenters. The van der Waals surface area contributed by atoms with E-state index in [1.54, 1.807) is 6.33 Å². The summed E-state index contributed by atoms with van der Waals surface area (Å²) in [6.07, 6.45) is 2.62. The van der Waals surface area contributed by atoms with Crippen molar-refractivity contribution < 1.29 is 9.53 Å². The van der Waals surface area contributed by atoms with Crippen molar-refractivity contribution in [1.29, 1.82) is 0 Å². The summed E-state index contributed by atoms with van der Waals surface area (Å²) in [5.74, 6) is 0.255. The van der Waals surface area contributed by atoms with Crippen LogP contribution in [-0.4, -0.2) is 63.7 Å². The average Bonchev–Trinajstić information content (AvgIpc) is 3.31. The molecule has 1 aliphatic rings. The van der Waals surface area contributed by atoms with Crippen LogP contribution in [0.3, 0.4) is 0 Å². The largest absolute Gasteiger partial charge is 0.374 e. The first-order valence-corrected chi connectivity index (χ1v) is 12.0. The number of morpholine rings is 1. The van der Waals surface area contributed by atoms with Crippen LogP contribution in [0.2, 0.25) is 0 Å². The number of hydrogen-bond acceptors (Lipinski definition) is 6. The maximum Gasteiger partial charge on any atom is 0.230 e. The number of aromatic nitrogens is 3. The van der Waals surface area contributed by atoms with Crippen molar-refractivity contribution in [3.8, 4) is 5.69 Å². The highest BCUT2D eigenvalue weighted by molar-refractivity contribution is 7.99. The molecule has 0 radical (unpaired) electrons. The molecule has 0 spiro atoms. The summed E-state index contributed by atoms with van der Waals surface area (Å²) in [6.45, 7) is 5.93. The summed E-state index contributed by atoms with van der Waals surface area (Å²) in [7, 11) is 0. The number of thioether (sulfide) groups is 1. The summed E-state index contributed by atoms with van der Waals surface area (Å²) in [4.78, 5) is 14.8. The number of benzene rings is 2. The summed E-state index contributed by atoms with van der Waals surface area (Å²) >= 11 is 1.39. The molecule has 1 fully saturated rings. The Morgan fingerprint density at radius 3 is 2.84 bits per heavy atom. The van der Waals surface area contributed by atoms with E-state index in [-0.39, 0.29) is 17.8 Å². The van der Waals surface area contributed by atoms with E-state index in [0.717, 1.165) is 31.7 Å². The van der Waals surface area contributed by atoms with Crippen LogP contribution in [0.4, 0.5) is 0 Å². The molecule has 2 heterocycles. The molecule has 0 aliphatic carbocycles. The lowest BCUT2D eigenvalue weighted by molar-refractivity contribution is -0.119. The van der Waals surface area contributed by atoms with Crippen LogP contribution in [0.1, 0.15) is 18.1 Å². The summed E-state index contributed by atoms with van der Waals surface area (Å²) in [5, 5.41) is 12.0. The van der Waals surface area contributed by atoms with E-state index in [0.29, 0.717) is 18.3 Å². The Balaban J connectivity index is 1.25. The van der Waals surface area contributed by atoms with E-state index in [2.05, 4.69) is 57.7 Å². The molecule has 0 saturated carbocycles. The number of ether oxygens (including phenoxy) is 1. The van der Waals surface area contributed by atoms with Crippen molar-refractivity contribution in [3.05, 3.63) is 72.1 Å². The molecule has 1 unspecified atom stereocenters. The number of aryl methyl sites for hydroxylation is 1. The smallest absolute Gasteiger partial charge is 0.230 e. The van der Waals surface area contributed by atoms with E-state index in [1.165, 1.54) is 22.9 Å². The number of nitrogens with one attached hydrogen (secondary N) is 1. The predicted octanol–water partition coefficient (Wildman–Crippen LogP) is 2.94. The monoisotopic (exact) mass is 451 g/mol. The average molecular weight is 452 g/mol. The van der Waals surface area contributed by atoms with Crippen LogP contribution >= 0.6 is 11.8 Å². The van der Waals surface area contributed by atoms with Crippen molar-refractivity contribution in [2.45, 2.75) is 31.1 Å². The van der Waals surface area contributed by atoms with Crippen LogP contribution in [-0.2, 0) is 22.5 Å². The third-order valence-electron chi connectivity index (χ3n) is 5.48. The van der Waals surface area contributed by atoms with Crippen LogP contribution in [0.5, 0.6) is 0 Å². The van der Waals surface area contributed by atoms with E-state index >= 15 is 0 Å². The number of amides is 1. The number of nitrogens with zero attached hydrogens (tertiary/aromatic N) is 4.